The van der Waals surface area contributed by atoms with Gasteiger partial charge in [-0.2, -0.15) is 13.5 Å². The molecule has 0 N–H and O–H groups in total. The van der Waals surface area contributed by atoms with Crippen LogP contribution in [0.5, 0.6) is 0 Å². The molecule has 0 aliphatic rings. The third-order valence-corrected chi connectivity index (χ3v) is 0. The van der Waals surface area contributed by atoms with Crippen molar-refractivity contribution in [2.45, 2.75) is 0 Å². The first kappa shape index (κ1) is 24.4. The van der Waals surface area contributed by atoms with Gasteiger partial charge in [0.2, 0.25) is 0 Å². The van der Waals surface area contributed by atoms with Gasteiger partial charge >= 0.3 is 114 Å². The van der Waals surface area contributed by atoms with Crippen LogP contribution in [0.25, 0.3) is 0 Å². The van der Waals surface area contributed by atoms with Gasteiger partial charge in [-0.1, -0.05) is 0 Å². The van der Waals surface area contributed by atoms with E-state index in [2.05, 4.69) is 0 Å². The summed E-state index contributed by atoms with van der Waals surface area (Å²) in [4.78, 5) is 0. The number of rotatable bonds is 0. The van der Waals surface area contributed by atoms with Crippen molar-refractivity contribution in [1.82, 2.24) is 0 Å². The molecule has 0 bridgehead atoms. The monoisotopic (exact) mass is 336 g/mol. The predicted octanol–water partition coefficient (Wildman–Crippen LogP) is -1.38. The quantitative estimate of drug-likeness (QED) is 0.479. The maximum Gasteiger partial charge on any atom is 2.00 e. The van der Waals surface area contributed by atoms with Crippen LogP contribution in [-0.2, 0) is 0 Å². The van der Waals surface area contributed by atoms with Gasteiger partial charge in [-0.15, -0.1) is 0 Å². The molecule has 0 unspecified atom stereocenters. The summed E-state index contributed by atoms with van der Waals surface area (Å²) in [5.74, 6) is 0. The zero-order chi connectivity index (χ0) is 0. The van der Waals surface area contributed by atoms with E-state index in [1.54, 1.807) is 0 Å². The maximum atomic E-state index is 0. The Labute approximate surface area is 130 Å². The molecule has 0 rings (SSSR count). The third-order valence-electron chi connectivity index (χ3n) is 0. The van der Waals surface area contributed by atoms with E-state index < -0.39 is 0 Å². The largest absolute Gasteiger partial charge is 2.00 e. The van der Waals surface area contributed by atoms with E-state index in [4.69, 9.17) is 0 Å². The van der Waals surface area contributed by atoms with Gasteiger partial charge in [0, 0.05) is 0 Å². The molecule has 0 saturated carbocycles. The molecule has 0 heterocycles. The number of hydrogen-bond donors (Lipinski definition) is 0. The molecule has 0 radical (unpaired) electrons. The van der Waals surface area contributed by atoms with Crippen molar-refractivity contribution in [2.75, 3.05) is 0 Å². The Bertz CT molecular complexity index is 16.0. The molecule has 4 heavy (non-hydrogen) atoms. The summed E-state index contributed by atoms with van der Waals surface area (Å²) < 4.78 is 0. The minimum atomic E-state index is 0. The molecule has 0 amide bonds. The molecule has 0 fully saturated rings. The summed E-state index contributed by atoms with van der Waals surface area (Å²) in [6, 6.07) is 0. The van der Waals surface area contributed by atoms with Crippen LogP contribution in [0.1, 0.15) is 5.71 Å². The van der Waals surface area contributed by atoms with E-state index >= 15 is 0 Å². The molecule has 0 aliphatic carbocycles. The molecule has 0 aromatic rings. The predicted molar refractivity (Wildman–Crippen MR) is 36.3 cm³/mol. The summed E-state index contributed by atoms with van der Waals surface area (Å²) >= 11 is 0. The first-order valence-electron chi connectivity index (χ1n) is 0. The Hall–Kier alpha value is 4.04. The fourth-order valence-corrected chi connectivity index (χ4v) is 0. The zero-order valence-electron chi connectivity index (χ0n) is 5.91. The van der Waals surface area contributed by atoms with Crippen molar-refractivity contribution in [2.24, 2.45) is 0 Å². The molecule has 0 nitrogen and oxygen atoms in total. The average molecular weight is 336 g/mol. The molecule has 0 aliphatic heterocycles. The summed E-state index contributed by atoms with van der Waals surface area (Å²) in [5, 5.41) is 0. The summed E-state index contributed by atoms with van der Waals surface area (Å²) in [6.45, 7) is 0. The van der Waals surface area contributed by atoms with Crippen LogP contribution in [0.3, 0.4) is 0 Å². The van der Waals surface area contributed by atoms with Crippen LogP contribution >= 0.6 is 13.5 Å². The average Bonchev–Trinajstić information content (AvgIpc) is 0. The normalized spacial score (nSPS) is 0. The third kappa shape index (κ3) is 9.40. The van der Waals surface area contributed by atoms with Gasteiger partial charge in [0.25, 0.3) is 0 Å². The molecule has 0 atom stereocenters. The van der Waals surface area contributed by atoms with Crippen molar-refractivity contribution in [1.29, 1.82) is 0 Å². The fourth-order valence-electron chi connectivity index (χ4n) is 0. The van der Waals surface area contributed by atoms with Gasteiger partial charge in [0.05, 0.1) is 0 Å². The van der Waals surface area contributed by atoms with Crippen molar-refractivity contribution < 1.29 is 5.71 Å². The van der Waals surface area contributed by atoms with Crippen molar-refractivity contribution in [3.8, 4) is 0 Å². The molecule has 4 heteroatoms. The molecule has 0 aromatic carbocycles. The summed E-state index contributed by atoms with van der Waals surface area (Å²) in [6.07, 6.45) is 0. The van der Waals surface area contributed by atoms with E-state index in [-0.39, 0.29) is 133 Å². The van der Waals surface area contributed by atoms with Gasteiger partial charge in [-0.25, -0.2) is 0 Å². The van der Waals surface area contributed by atoms with Crippen LogP contribution in [0, 0.1) is 0 Å². The standard InChI is InChI=1S/Ba.Ga.H2S.Sr.7H/h;;1H2;;;;;;;;/q+2;;;+2;;;;4*-1. The van der Waals surface area contributed by atoms with E-state index in [1.807, 2.05) is 0 Å². The van der Waals surface area contributed by atoms with Crippen LogP contribution in [-0.4, -0.2) is 114 Å². The van der Waals surface area contributed by atoms with Crippen molar-refractivity contribution in [3.63, 3.8) is 0 Å². The van der Waals surface area contributed by atoms with E-state index in [0.717, 1.165) is 0 Å². The van der Waals surface area contributed by atoms with E-state index in [0.29, 0.717) is 0 Å². The van der Waals surface area contributed by atoms with Crippen molar-refractivity contribution in [3.05, 3.63) is 0 Å². The molecule has 0 spiro atoms. The van der Waals surface area contributed by atoms with Crippen LogP contribution < -0.4 is 0 Å². The van der Waals surface area contributed by atoms with Crippen LogP contribution in [0.4, 0.5) is 0 Å². The Kier molecular flexibility index (Phi) is 96.1. The Morgan fingerprint density at radius 2 is 1.25 bits per heavy atom. The topological polar surface area (TPSA) is 0 Å². The molecule has 22 valence electrons. The first-order chi connectivity index (χ1) is 0. The van der Waals surface area contributed by atoms with Crippen LogP contribution in [0.15, 0.2) is 0 Å². The number of hydrogen-bond acceptors (Lipinski definition) is 0. The summed E-state index contributed by atoms with van der Waals surface area (Å²) in [5.41, 5.74) is 0. The van der Waals surface area contributed by atoms with Gasteiger partial charge in [0.15, 0.2) is 0 Å². The van der Waals surface area contributed by atoms with Gasteiger partial charge < -0.3 is 5.71 Å². The fraction of sp³-hybridized carbons (Fsp3) is 0. The minimum absolute atomic E-state index is 0. The zero-order valence-corrected chi connectivity index (χ0v) is 10.8. The van der Waals surface area contributed by atoms with E-state index in [9.17, 15) is 0 Å². The Morgan fingerprint density at radius 1 is 1.25 bits per heavy atom. The minimum Gasteiger partial charge on any atom is -1.00 e. The molecular weight excluding hydrogens is 327 g/mol. The van der Waals surface area contributed by atoms with Crippen LogP contribution in [0.2, 0.25) is 0 Å². The Morgan fingerprint density at radius 3 is 1.25 bits per heavy atom. The molecule has 0 saturated heterocycles. The second-order valence-electron chi connectivity index (χ2n) is 0. The first-order valence-corrected chi connectivity index (χ1v) is 0. The van der Waals surface area contributed by atoms with Gasteiger partial charge in [-0.05, 0) is 0 Å². The van der Waals surface area contributed by atoms with Crippen molar-refractivity contribution >= 4 is 128 Å². The maximum absolute atomic E-state index is 0. The summed E-state index contributed by atoms with van der Waals surface area (Å²) in [7, 11) is 0. The second kappa shape index (κ2) is 15.7. The van der Waals surface area contributed by atoms with Gasteiger partial charge in [0.1, 0.15) is 0 Å². The SMILES string of the molecule is S.[Ba+2].[GaH3].[H-].[H-].[H-].[H-].[Sr+2]. The molecule has 0 aromatic heterocycles. The second-order valence-corrected chi connectivity index (χ2v) is 0. The van der Waals surface area contributed by atoms with Gasteiger partial charge in [-0.3, -0.25) is 0 Å². The molecular formula is H9BaGaSSr. The van der Waals surface area contributed by atoms with E-state index in [1.165, 1.54) is 0 Å². The Balaban J connectivity index is 0. The smallest absolute Gasteiger partial charge is 1.00 e.